The topological polar surface area (TPSA) is 105 Å². The summed E-state index contributed by atoms with van der Waals surface area (Å²) >= 11 is 0. The first kappa shape index (κ1) is 14.1. The van der Waals surface area contributed by atoms with Crippen molar-refractivity contribution < 1.29 is 22.7 Å². The molecule has 0 spiro atoms. The minimum atomic E-state index is -3.45. The van der Waals surface area contributed by atoms with Gasteiger partial charge < -0.3 is 9.52 Å². The molecule has 0 aliphatic carbocycles. The normalized spacial score (nSPS) is 11.5. The minimum Gasteiger partial charge on any atom is -0.475 e. The van der Waals surface area contributed by atoms with Crippen LogP contribution in [0.4, 0.5) is 5.69 Å². The molecule has 0 fully saturated rings. The van der Waals surface area contributed by atoms with E-state index >= 15 is 0 Å². The number of nitrogens with zero attached hydrogens (tertiary/aromatic N) is 1. The number of anilines is 1. The molecular formula is C12H11NO6S. The highest BCUT2D eigenvalue weighted by Crippen LogP contribution is 2.21. The highest BCUT2D eigenvalue weighted by molar-refractivity contribution is 7.92. The van der Waals surface area contributed by atoms with Gasteiger partial charge in [0, 0.05) is 13.1 Å². The average Bonchev–Trinajstić information content (AvgIpc) is 2.36. The Bertz CT molecular complexity index is 852. The number of carboxylic acids is 1. The van der Waals surface area contributed by atoms with Crippen LogP contribution in [-0.2, 0) is 10.0 Å². The molecule has 2 rings (SSSR count). The van der Waals surface area contributed by atoms with E-state index in [1.807, 2.05) is 0 Å². The number of sulfonamides is 1. The van der Waals surface area contributed by atoms with Crippen molar-refractivity contribution in [3.8, 4) is 0 Å². The van der Waals surface area contributed by atoms with E-state index in [0.29, 0.717) is 0 Å². The first-order valence-electron chi connectivity index (χ1n) is 5.45. The van der Waals surface area contributed by atoms with E-state index in [1.54, 1.807) is 0 Å². The molecule has 0 radical (unpaired) electrons. The maximum Gasteiger partial charge on any atom is 0.371 e. The third kappa shape index (κ3) is 2.50. The number of carbonyl (C=O) groups is 1. The van der Waals surface area contributed by atoms with Gasteiger partial charge >= 0.3 is 5.97 Å². The van der Waals surface area contributed by atoms with Crippen LogP contribution in [0.5, 0.6) is 0 Å². The summed E-state index contributed by atoms with van der Waals surface area (Å²) in [7, 11) is -2.10. The number of hydrogen-bond acceptors (Lipinski definition) is 5. The van der Waals surface area contributed by atoms with Crippen LogP contribution < -0.4 is 9.73 Å². The van der Waals surface area contributed by atoms with E-state index in [0.717, 1.165) is 16.6 Å². The van der Waals surface area contributed by atoms with Crippen molar-refractivity contribution >= 4 is 32.6 Å². The maximum absolute atomic E-state index is 11.8. The summed E-state index contributed by atoms with van der Waals surface area (Å²) in [4.78, 5) is 22.6. The third-order valence-electron chi connectivity index (χ3n) is 2.78. The number of fused-ring (bicyclic) bond motifs is 1. The number of hydrogen-bond donors (Lipinski definition) is 1. The number of rotatable bonds is 3. The first-order chi connectivity index (χ1) is 9.20. The van der Waals surface area contributed by atoms with E-state index in [9.17, 15) is 18.0 Å². The zero-order valence-electron chi connectivity index (χ0n) is 10.7. The van der Waals surface area contributed by atoms with Crippen LogP contribution in [0.1, 0.15) is 10.6 Å². The Kier molecular flexibility index (Phi) is 3.26. The lowest BCUT2D eigenvalue weighted by Crippen LogP contribution is -2.24. The molecule has 20 heavy (non-hydrogen) atoms. The molecule has 0 saturated carbocycles. The fourth-order valence-electron chi connectivity index (χ4n) is 1.64. The van der Waals surface area contributed by atoms with Crippen LogP contribution in [0.25, 0.3) is 11.0 Å². The predicted molar refractivity (Wildman–Crippen MR) is 72.7 cm³/mol. The Balaban J connectivity index is 2.68. The molecule has 8 heteroatoms. The molecule has 0 aliphatic heterocycles. The Morgan fingerprint density at radius 2 is 1.95 bits per heavy atom. The lowest BCUT2D eigenvalue weighted by atomic mass is 10.2. The highest BCUT2D eigenvalue weighted by atomic mass is 32.2. The highest BCUT2D eigenvalue weighted by Gasteiger charge is 2.15. The van der Waals surface area contributed by atoms with Gasteiger partial charge in [-0.3, -0.25) is 9.10 Å². The SMILES string of the molecule is CN(c1ccc2oc(C(=O)O)cc(=O)c2c1)S(C)(=O)=O. The molecule has 0 aliphatic rings. The quantitative estimate of drug-likeness (QED) is 0.902. The van der Waals surface area contributed by atoms with Gasteiger partial charge in [0.1, 0.15) is 5.58 Å². The third-order valence-corrected chi connectivity index (χ3v) is 3.99. The molecule has 106 valence electrons. The van der Waals surface area contributed by atoms with Gasteiger partial charge in [0.15, 0.2) is 5.43 Å². The second-order valence-corrected chi connectivity index (χ2v) is 6.20. The Morgan fingerprint density at radius 1 is 1.30 bits per heavy atom. The molecule has 1 aromatic heterocycles. The molecule has 1 aromatic carbocycles. The van der Waals surface area contributed by atoms with Crippen molar-refractivity contribution in [2.24, 2.45) is 0 Å². The zero-order valence-corrected chi connectivity index (χ0v) is 11.5. The fraction of sp³-hybridized carbons (Fsp3) is 0.167. The molecule has 1 heterocycles. The molecule has 2 aromatic rings. The van der Waals surface area contributed by atoms with E-state index < -0.39 is 27.2 Å². The standard InChI is InChI=1S/C12H11NO6S/c1-13(20(2,17)18)7-3-4-10-8(5-7)9(14)6-11(19-10)12(15)16/h3-6H,1-2H3,(H,15,16). The van der Waals surface area contributed by atoms with Crippen LogP contribution in [0, 0.1) is 0 Å². The molecule has 7 nitrogen and oxygen atoms in total. The summed E-state index contributed by atoms with van der Waals surface area (Å²) in [5.74, 6) is -1.81. The van der Waals surface area contributed by atoms with E-state index in [4.69, 9.17) is 9.52 Å². The van der Waals surface area contributed by atoms with E-state index in [1.165, 1.54) is 25.2 Å². The van der Waals surface area contributed by atoms with Crippen molar-refractivity contribution in [1.82, 2.24) is 0 Å². The summed E-state index contributed by atoms with van der Waals surface area (Å²) in [6.07, 6.45) is 1.03. The van der Waals surface area contributed by atoms with Crippen molar-refractivity contribution in [2.45, 2.75) is 0 Å². The zero-order chi connectivity index (χ0) is 15.1. The fourth-order valence-corrected chi connectivity index (χ4v) is 2.13. The van der Waals surface area contributed by atoms with Gasteiger partial charge in [0.25, 0.3) is 0 Å². The van der Waals surface area contributed by atoms with Gasteiger partial charge in [-0.25, -0.2) is 13.2 Å². The summed E-state index contributed by atoms with van der Waals surface area (Å²) in [6.45, 7) is 0. The number of aromatic carboxylic acids is 1. The first-order valence-corrected chi connectivity index (χ1v) is 7.30. The Labute approximate surface area is 114 Å². The molecule has 0 amide bonds. The lowest BCUT2D eigenvalue weighted by Gasteiger charge is -2.16. The maximum atomic E-state index is 11.8. The molecule has 0 saturated heterocycles. The largest absolute Gasteiger partial charge is 0.475 e. The van der Waals surface area contributed by atoms with Crippen molar-refractivity contribution in [1.29, 1.82) is 0 Å². The van der Waals surface area contributed by atoms with Crippen molar-refractivity contribution in [2.75, 3.05) is 17.6 Å². The van der Waals surface area contributed by atoms with Gasteiger partial charge in [0.2, 0.25) is 15.8 Å². The number of benzene rings is 1. The molecule has 0 bridgehead atoms. The predicted octanol–water partition coefficient (Wildman–Crippen LogP) is 0.887. The van der Waals surface area contributed by atoms with Gasteiger partial charge in [-0.1, -0.05) is 0 Å². The van der Waals surface area contributed by atoms with Gasteiger partial charge in [-0.05, 0) is 18.2 Å². The van der Waals surface area contributed by atoms with E-state index in [-0.39, 0.29) is 16.7 Å². The molecule has 0 unspecified atom stereocenters. The minimum absolute atomic E-state index is 0.0838. The van der Waals surface area contributed by atoms with Crippen molar-refractivity contribution in [3.63, 3.8) is 0 Å². The summed E-state index contributed by atoms with van der Waals surface area (Å²) in [6, 6.07) is 4.99. The summed E-state index contributed by atoms with van der Waals surface area (Å²) < 4.78 is 29.0. The van der Waals surface area contributed by atoms with Crippen LogP contribution >= 0.6 is 0 Å². The Morgan fingerprint density at radius 3 is 2.50 bits per heavy atom. The van der Waals surface area contributed by atoms with E-state index in [2.05, 4.69) is 0 Å². The van der Waals surface area contributed by atoms with Crippen LogP contribution in [0.15, 0.2) is 33.5 Å². The second kappa shape index (κ2) is 4.64. The van der Waals surface area contributed by atoms with Gasteiger partial charge in [-0.2, -0.15) is 0 Å². The molecular weight excluding hydrogens is 286 g/mol. The van der Waals surface area contributed by atoms with Crippen molar-refractivity contribution in [3.05, 3.63) is 40.2 Å². The lowest BCUT2D eigenvalue weighted by molar-refractivity contribution is 0.0663. The van der Waals surface area contributed by atoms with Crippen LogP contribution in [0.3, 0.4) is 0 Å². The van der Waals surface area contributed by atoms with Crippen LogP contribution in [0.2, 0.25) is 0 Å². The Hall–Kier alpha value is -2.35. The number of carboxylic acid groups (broad SMARTS) is 1. The smallest absolute Gasteiger partial charge is 0.371 e. The second-order valence-electron chi connectivity index (χ2n) is 4.19. The monoisotopic (exact) mass is 297 g/mol. The summed E-state index contributed by atoms with van der Waals surface area (Å²) in [5.41, 5.74) is -0.177. The molecule has 0 atom stereocenters. The molecule has 1 N–H and O–H groups in total. The van der Waals surface area contributed by atoms with Gasteiger partial charge in [-0.15, -0.1) is 0 Å². The average molecular weight is 297 g/mol. The summed E-state index contributed by atoms with van der Waals surface area (Å²) in [5, 5.41) is 8.91. The van der Waals surface area contributed by atoms with Crippen LogP contribution in [-0.4, -0.2) is 32.8 Å². The van der Waals surface area contributed by atoms with Gasteiger partial charge in [0.05, 0.1) is 17.3 Å².